The molecule has 3 N–H and O–H groups in total. The number of aliphatic hydroxyl groups is 2. The van der Waals surface area contributed by atoms with Gasteiger partial charge in [-0.3, -0.25) is 4.79 Å². The second-order valence-electron chi connectivity index (χ2n) is 5.99. The van der Waals surface area contributed by atoms with Crippen LogP contribution in [0.2, 0.25) is 5.02 Å². The minimum absolute atomic E-state index is 0.189. The zero-order valence-corrected chi connectivity index (χ0v) is 13.9. The molecule has 126 valence electrons. The molecule has 1 amide bonds. The summed E-state index contributed by atoms with van der Waals surface area (Å²) in [4.78, 5) is 12.7. The van der Waals surface area contributed by atoms with Crippen molar-refractivity contribution in [1.82, 2.24) is 0 Å². The summed E-state index contributed by atoms with van der Waals surface area (Å²) >= 11 is 5.95. The average Bonchev–Trinajstić information content (AvgIpc) is 2.61. The molecule has 1 aliphatic rings. The Morgan fingerprint density at radius 2 is 2.08 bits per heavy atom. The molecule has 0 aromatic heterocycles. The molecule has 5 nitrogen and oxygen atoms in total. The number of amides is 1. The van der Waals surface area contributed by atoms with Gasteiger partial charge >= 0.3 is 0 Å². The molecule has 1 aromatic carbocycles. The Balaban J connectivity index is 2.27. The maximum Gasteiger partial charge on any atom is 0.260 e. The number of hydrogen-bond acceptors (Lipinski definition) is 4. The minimum atomic E-state index is -2.06. The highest BCUT2D eigenvalue weighted by atomic mass is 35.5. The summed E-state index contributed by atoms with van der Waals surface area (Å²) in [5, 5.41) is 32.6. The lowest BCUT2D eigenvalue weighted by atomic mass is 9.73. The highest BCUT2D eigenvalue weighted by Crippen LogP contribution is 2.36. The molecule has 0 heterocycles. The van der Waals surface area contributed by atoms with E-state index >= 15 is 0 Å². The largest absolute Gasteiger partial charge is 0.377 e. The predicted octanol–water partition coefficient (Wildman–Crippen LogP) is 2.46. The van der Waals surface area contributed by atoms with Crippen LogP contribution in [0.15, 0.2) is 18.2 Å². The van der Waals surface area contributed by atoms with E-state index in [1.165, 1.54) is 18.2 Å². The number of terminal acetylenes is 1. The third kappa shape index (κ3) is 3.55. The Morgan fingerprint density at radius 3 is 2.62 bits per heavy atom. The Morgan fingerprint density at radius 1 is 1.42 bits per heavy atom. The van der Waals surface area contributed by atoms with E-state index in [-0.39, 0.29) is 10.6 Å². The molecule has 6 heteroatoms. The van der Waals surface area contributed by atoms with Crippen LogP contribution in [0.1, 0.15) is 37.7 Å². The van der Waals surface area contributed by atoms with Crippen molar-refractivity contribution in [2.24, 2.45) is 5.92 Å². The van der Waals surface area contributed by atoms with Crippen molar-refractivity contribution in [2.75, 3.05) is 5.32 Å². The first-order valence-electron chi connectivity index (χ1n) is 7.81. The van der Waals surface area contributed by atoms with Crippen molar-refractivity contribution in [3.63, 3.8) is 0 Å². The third-order valence-corrected chi connectivity index (χ3v) is 4.83. The summed E-state index contributed by atoms with van der Waals surface area (Å²) in [6.07, 6.45) is 7.69. The van der Waals surface area contributed by atoms with Crippen LogP contribution in [-0.4, -0.2) is 27.8 Å². The van der Waals surface area contributed by atoms with E-state index in [4.69, 9.17) is 23.3 Å². The van der Waals surface area contributed by atoms with Crippen LogP contribution in [-0.2, 0) is 4.79 Å². The molecule has 0 aliphatic heterocycles. The lowest BCUT2D eigenvalue weighted by molar-refractivity contribution is -0.154. The van der Waals surface area contributed by atoms with Crippen LogP contribution < -0.4 is 5.32 Å². The highest BCUT2D eigenvalue weighted by Gasteiger charge is 2.49. The van der Waals surface area contributed by atoms with E-state index < -0.39 is 23.5 Å². The normalized spacial score (nSPS) is 18.7. The number of nitrogens with one attached hydrogen (secondary N) is 1. The van der Waals surface area contributed by atoms with Gasteiger partial charge in [0, 0.05) is 11.6 Å². The number of anilines is 1. The third-order valence-electron chi connectivity index (χ3n) is 4.51. The first-order chi connectivity index (χ1) is 11.4. The van der Waals surface area contributed by atoms with Crippen molar-refractivity contribution in [1.29, 1.82) is 5.26 Å². The first kappa shape index (κ1) is 18.3. The van der Waals surface area contributed by atoms with E-state index in [0.29, 0.717) is 18.5 Å². The van der Waals surface area contributed by atoms with Crippen molar-refractivity contribution in [3.8, 4) is 18.4 Å². The number of benzene rings is 1. The summed E-state index contributed by atoms with van der Waals surface area (Å²) < 4.78 is 0. The quantitative estimate of drug-likeness (QED) is 0.730. The maximum atomic E-state index is 12.7. The molecule has 1 aromatic rings. The van der Waals surface area contributed by atoms with E-state index in [9.17, 15) is 15.0 Å². The summed E-state index contributed by atoms with van der Waals surface area (Å²) in [6, 6.07) is 6.32. The van der Waals surface area contributed by atoms with Crippen LogP contribution >= 0.6 is 11.6 Å². The van der Waals surface area contributed by atoms with Crippen LogP contribution in [0.5, 0.6) is 0 Å². The number of nitrogens with zero attached hydrogens (tertiary/aromatic N) is 1. The molecular weight excluding hydrogens is 328 g/mol. The fourth-order valence-electron chi connectivity index (χ4n) is 3.12. The smallest absolute Gasteiger partial charge is 0.260 e. The van der Waals surface area contributed by atoms with Crippen LogP contribution in [0.3, 0.4) is 0 Å². The number of rotatable bonds is 4. The standard InChI is InChI=1S/C18H19ClN2O3/c1-2-16(22)18(24,13-6-4-3-5-7-13)17(23)21-14-9-8-12(11-20)15(19)10-14/h1,8-10,13,16,22,24H,3-7H2,(H,21,23). The monoisotopic (exact) mass is 346 g/mol. The van der Waals surface area contributed by atoms with Crippen molar-refractivity contribution in [2.45, 2.75) is 43.8 Å². The summed E-state index contributed by atoms with van der Waals surface area (Å²) in [6.45, 7) is 0. The number of aliphatic hydroxyl groups excluding tert-OH is 1. The number of carbonyl (C=O) groups is 1. The molecule has 0 radical (unpaired) electrons. The minimum Gasteiger partial charge on any atom is -0.377 e. The van der Waals surface area contributed by atoms with E-state index in [0.717, 1.165) is 19.3 Å². The molecule has 2 atom stereocenters. The fraction of sp³-hybridized carbons (Fsp3) is 0.444. The van der Waals surface area contributed by atoms with Gasteiger partial charge in [0.25, 0.3) is 5.91 Å². The lowest BCUT2D eigenvalue weighted by Gasteiger charge is -2.38. The zero-order valence-electron chi connectivity index (χ0n) is 13.1. The average molecular weight is 347 g/mol. The topological polar surface area (TPSA) is 93.3 Å². The number of nitriles is 1. The number of halogens is 1. The van der Waals surface area contributed by atoms with Gasteiger partial charge in [0.05, 0.1) is 10.6 Å². The Bertz CT molecular complexity index is 701. The molecular formula is C18H19ClN2O3. The first-order valence-corrected chi connectivity index (χ1v) is 8.19. The molecule has 1 fully saturated rings. The van der Waals surface area contributed by atoms with Gasteiger partial charge in [-0.05, 0) is 31.0 Å². The second-order valence-corrected chi connectivity index (χ2v) is 6.40. The fourth-order valence-corrected chi connectivity index (χ4v) is 3.34. The van der Waals surface area contributed by atoms with Gasteiger partial charge in [-0.1, -0.05) is 36.8 Å². The van der Waals surface area contributed by atoms with Crippen molar-refractivity contribution in [3.05, 3.63) is 28.8 Å². The Hall–Kier alpha value is -2.05. The van der Waals surface area contributed by atoms with Crippen molar-refractivity contribution < 1.29 is 15.0 Å². The second kappa shape index (κ2) is 7.68. The maximum absolute atomic E-state index is 12.7. The molecule has 24 heavy (non-hydrogen) atoms. The molecule has 0 spiro atoms. The molecule has 1 aliphatic carbocycles. The lowest BCUT2D eigenvalue weighted by Crippen LogP contribution is -2.57. The predicted molar refractivity (Wildman–Crippen MR) is 91.2 cm³/mol. The summed E-state index contributed by atoms with van der Waals surface area (Å²) in [5.41, 5.74) is -1.46. The van der Waals surface area contributed by atoms with Crippen LogP contribution in [0, 0.1) is 29.6 Å². The SMILES string of the molecule is C#CC(O)C(O)(C(=O)Nc1ccc(C#N)c(Cl)c1)C1CCCCC1. The van der Waals surface area contributed by atoms with Crippen LogP contribution in [0.25, 0.3) is 0 Å². The highest BCUT2D eigenvalue weighted by molar-refractivity contribution is 6.32. The van der Waals surface area contributed by atoms with Gasteiger partial charge in [0.15, 0.2) is 11.7 Å². The van der Waals surface area contributed by atoms with Gasteiger partial charge in [0.1, 0.15) is 6.07 Å². The molecule has 2 rings (SSSR count). The van der Waals surface area contributed by atoms with Gasteiger partial charge < -0.3 is 15.5 Å². The Labute approximate surface area is 146 Å². The van der Waals surface area contributed by atoms with Crippen molar-refractivity contribution >= 4 is 23.2 Å². The van der Waals surface area contributed by atoms with E-state index in [1.54, 1.807) is 0 Å². The van der Waals surface area contributed by atoms with E-state index in [1.807, 2.05) is 6.07 Å². The number of carbonyl (C=O) groups excluding carboxylic acids is 1. The molecule has 0 saturated heterocycles. The van der Waals surface area contributed by atoms with Crippen LogP contribution in [0.4, 0.5) is 5.69 Å². The number of hydrogen-bond donors (Lipinski definition) is 3. The molecule has 1 saturated carbocycles. The zero-order chi connectivity index (χ0) is 17.7. The summed E-state index contributed by atoms with van der Waals surface area (Å²) in [7, 11) is 0. The molecule has 0 bridgehead atoms. The van der Waals surface area contributed by atoms with Gasteiger partial charge in [-0.2, -0.15) is 5.26 Å². The van der Waals surface area contributed by atoms with Gasteiger partial charge in [0.2, 0.25) is 0 Å². The summed E-state index contributed by atoms with van der Waals surface area (Å²) in [5.74, 6) is 0.900. The Kier molecular flexibility index (Phi) is 5.85. The van der Waals surface area contributed by atoms with Gasteiger partial charge in [-0.25, -0.2) is 0 Å². The van der Waals surface area contributed by atoms with Gasteiger partial charge in [-0.15, -0.1) is 6.42 Å². The van der Waals surface area contributed by atoms with E-state index in [2.05, 4.69) is 11.2 Å². The molecule has 2 unspecified atom stereocenters.